The molecule has 1 rings (SSSR count). The first-order chi connectivity index (χ1) is 9.02. The zero-order chi connectivity index (χ0) is 14.3. The molecule has 0 heterocycles. The van der Waals surface area contributed by atoms with Crippen LogP contribution in [0.2, 0.25) is 0 Å². The standard InChI is InChI=1S/C12H14FNO5/c13-8-2-1-3-9(6-8)19-5-4-11(16)14-10(7-15)12(17)18/h1-3,6,10,15H,4-5,7H2,(H,14,16)(H,17,18). The second-order valence-corrected chi connectivity index (χ2v) is 3.70. The first kappa shape index (κ1) is 14.9. The van der Waals surface area contributed by atoms with Crippen molar-refractivity contribution in [2.24, 2.45) is 0 Å². The third-order valence-corrected chi connectivity index (χ3v) is 2.21. The van der Waals surface area contributed by atoms with Crippen LogP contribution in [0, 0.1) is 5.82 Å². The summed E-state index contributed by atoms with van der Waals surface area (Å²) in [4.78, 5) is 21.9. The number of carboxylic acid groups (broad SMARTS) is 1. The molecular weight excluding hydrogens is 257 g/mol. The molecule has 0 bridgehead atoms. The third-order valence-electron chi connectivity index (χ3n) is 2.21. The number of ether oxygens (including phenoxy) is 1. The molecule has 0 aliphatic rings. The summed E-state index contributed by atoms with van der Waals surface area (Å²) < 4.78 is 17.9. The van der Waals surface area contributed by atoms with Crippen LogP contribution in [-0.2, 0) is 9.59 Å². The van der Waals surface area contributed by atoms with E-state index in [1.807, 2.05) is 0 Å². The lowest BCUT2D eigenvalue weighted by Crippen LogP contribution is -2.43. The minimum Gasteiger partial charge on any atom is -0.493 e. The molecule has 104 valence electrons. The lowest BCUT2D eigenvalue weighted by atomic mass is 10.3. The van der Waals surface area contributed by atoms with Gasteiger partial charge in [0.1, 0.15) is 17.6 Å². The molecule has 7 heteroatoms. The SMILES string of the molecule is O=C(CCOc1cccc(F)c1)NC(CO)C(=O)O. The van der Waals surface area contributed by atoms with Crippen molar-refractivity contribution in [2.45, 2.75) is 12.5 Å². The number of carboxylic acids is 1. The largest absolute Gasteiger partial charge is 0.493 e. The number of halogens is 1. The van der Waals surface area contributed by atoms with Gasteiger partial charge in [-0.05, 0) is 12.1 Å². The molecule has 1 atom stereocenters. The fraction of sp³-hybridized carbons (Fsp3) is 0.333. The van der Waals surface area contributed by atoms with Crippen molar-refractivity contribution >= 4 is 11.9 Å². The van der Waals surface area contributed by atoms with E-state index in [1.54, 1.807) is 0 Å². The van der Waals surface area contributed by atoms with Crippen molar-refractivity contribution in [3.05, 3.63) is 30.1 Å². The molecular formula is C12H14FNO5. The van der Waals surface area contributed by atoms with E-state index in [2.05, 4.69) is 5.32 Å². The highest BCUT2D eigenvalue weighted by molar-refractivity contribution is 5.83. The molecule has 6 nitrogen and oxygen atoms in total. The van der Waals surface area contributed by atoms with Crippen LogP contribution in [-0.4, -0.2) is 41.3 Å². The number of aliphatic carboxylic acids is 1. The van der Waals surface area contributed by atoms with E-state index in [0.717, 1.165) is 0 Å². The van der Waals surface area contributed by atoms with Gasteiger partial charge in [-0.3, -0.25) is 4.79 Å². The van der Waals surface area contributed by atoms with Crippen LogP contribution in [0.3, 0.4) is 0 Å². The highest BCUT2D eigenvalue weighted by Gasteiger charge is 2.18. The Labute approximate surface area is 108 Å². The first-order valence-electron chi connectivity index (χ1n) is 5.54. The third kappa shape index (κ3) is 5.35. The van der Waals surface area contributed by atoms with Gasteiger partial charge in [-0.15, -0.1) is 0 Å². The van der Waals surface area contributed by atoms with E-state index in [4.69, 9.17) is 14.9 Å². The van der Waals surface area contributed by atoms with Crippen LogP contribution in [0.5, 0.6) is 5.75 Å². The number of carbonyl (C=O) groups is 2. The average Bonchev–Trinajstić information content (AvgIpc) is 2.35. The molecule has 0 aliphatic carbocycles. The zero-order valence-corrected chi connectivity index (χ0v) is 10.0. The van der Waals surface area contributed by atoms with Gasteiger partial charge in [-0.25, -0.2) is 9.18 Å². The van der Waals surface area contributed by atoms with Crippen LogP contribution in [0.15, 0.2) is 24.3 Å². The smallest absolute Gasteiger partial charge is 0.328 e. The van der Waals surface area contributed by atoms with E-state index < -0.39 is 30.3 Å². The number of amides is 1. The van der Waals surface area contributed by atoms with Crippen molar-refractivity contribution in [1.82, 2.24) is 5.32 Å². The van der Waals surface area contributed by atoms with Gasteiger partial charge in [-0.2, -0.15) is 0 Å². The Morgan fingerprint density at radius 3 is 2.74 bits per heavy atom. The van der Waals surface area contributed by atoms with E-state index in [0.29, 0.717) is 0 Å². The van der Waals surface area contributed by atoms with Crippen LogP contribution in [0.25, 0.3) is 0 Å². The maximum Gasteiger partial charge on any atom is 0.328 e. The van der Waals surface area contributed by atoms with Crippen molar-refractivity contribution in [3.8, 4) is 5.75 Å². The molecule has 0 saturated carbocycles. The van der Waals surface area contributed by atoms with Gasteiger partial charge in [0.15, 0.2) is 0 Å². The van der Waals surface area contributed by atoms with Gasteiger partial charge in [0.2, 0.25) is 5.91 Å². The maximum absolute atomic E-state index is 12.8. The van der Waals surface area contributed by atoms with Gasteiger partial charge in [-0.1, -0.05) is 6.07 Å². The summed E-state index contributed by atoms with van der Waals surface area (Å²) in [6.45, 7) is -0.709. The summed E-state index contributed by atoms with van der Waals surface area (Å²) in [5.74, 6) is -2.06. The summed E-state index contributed by atoms with van der Waals surface area (Å²) >= 11 is 0. The zero-order valence-electron chi connectivity index (χ0n) is 10.0. The molecule has 0 spiro atoms. The molecule has 1 aromatic carbocycles. The Kier molecular flexibility index (Phi) is 5.74. The monoisotopic (exact) mass is 271 g/mol. The van der Waals surface area contributed by atoms with E-state index in [-0.39, 0.29) is 18.8 Å². The van der Waals surface area contributed by atoms with Crippen LogP contribution in [0.1, 0.15) is 6.42 Å². The molecule has 19 heavy (non-hydrogen) atoms. The lowest BCUT2D eigenvalue weighted by Gasteiger charge is -2.11. The van der Waals surface area contributed by atoms with Gasteiger partial charge in [0, 0.05) is 6.07 Å². The average molecular weight is 271 g/mol. The second-order valence-electron chi connectivity index (χ2n) is 3.70. The van der Waals surface area contributed by atoms with Gasteiger partial charge in [0.05, 0.1) is 19.6 Å². The minimum absolute atomic E-state index is 0.0208. The predicted molar refractivity (Wildman–Crippen MR) is 63.2 cm³/mol. The summed E-state index contributed by atoms with van der Waals surface area (Å²) in [5.41, 5.74) is 0. The topological polar surface area (TPSA) is 95.9 Å². The van der Waals surface area contributed by atoms with Gasteiger partial charge in [0.25, 0.3) is 0 Å². The number of aliphatic hydroxyl groups excluding tert-OH is 1. The summed E-state index contributed by atoms with van der Waals surface area (Å²) in [6.07, 6.45) is -0.0969. The molecule has 0 aliphatic heterocycles. The summed E-state index contributed by atoms with van der Waals surface area (Å²) in [7, 11) is 0. The second kappa shape index (κ2) is 7.32. The minimum atomic E-state index is -1.33. The Hall–Kier alpha value is -2.15. The highest BCUT2D eigenvalue weighted by atomic mass is 19.1. The maximum atomic E-state index is 12.8. The number of rotatable bonds is 7. The number of hydrogen-bond donors (Lipinski definition) is 3. The Bertz CT molecular complexity index is 452. The molecule has 1 unspecified atom stereocenters. The van der Waals surface area contributed by atoms with Crippen molar-refractivity contribution < 1.29 is 28.9 Å². The normalized spacial score (nSPS) is 11.7. The molecule has 0 saturated heterocycles. The number of aliphatic hydroxyl groups is 1. The fourth-order valence-corrected chi connectivity index (χ4v) is 1.27. The summed E-state index contributed by atoms with van der Waals surface area (Å²) in [6, 6.07) is 4.11. The molecule has 1 aromatic rings. The molecule has 0 aromatic heterocycles. The Morgan fingerprint density at radius 2 is 2.16 bits per heavy atom. The van der Waals surface area contributed by atoms with Crippen LogP contribution in [0.4, 0.5) is 4.39 Å². The van der Waals surface area contributed by atoms with Gasteiger partial charge >= 0.3 is 5.97 Å². The number of carbonyl (C=O) groups excluding carboxylic acids is 1. The van der Waals surface area contributed by atoms with Crippen LogP contribution >= 0.6 is 0 Å². The number of benzene rings is 1. The van der Waals surface area contributed by atoms with E-state index in [9.17, 15) is 14.0 Å². The highest BCUT2D eigenvalue weighted by Crippen LogP contribution is 2.11. The Balaban J connectivity index is 2.33. The van der Waals surface area contributed by atoms with Crippen LogP contribution < -0.4 is 10.1 Å². The molecule has 0 radical (unpaired) electrons. The summed E-state index contributed by atoms with van der Waals surface area (Å²) in [5, 5.41) is 19.4. The van der Waals surface area contributed by atoms with Crippen molar-refractivity contribution in [1.29, 1.82) is 0 Å². The van der Waals surface area contributed by atoms with Crippen molar-refractivity contribution in [3.63, 3.8) is 0 Å². The fourth-order valence-electron chi connectivity index (χ4n) is 1.27. The lowest BCUT2D eigenvalue weighted by molar-refractivity contribution is -0.143. The van der Waals surface area contributed by atoms with Gasteiger partial charge < -0.3 is 20.3 Å². The molecule has 0 fully saturated rings. The molecule has 3 N–H and O–H groups in total. The van der Waals surface area contributed by atoms with E-state index >= 15 is 0 Å². The van der Waals surface area contributed by atoms with E-state index in [1.165, 1.54) is 24.3 Å². The Morgan fingerprint density at radius 1 is 1.42 bits per heavy atom. The van der Waals surface area contributed by atoms with Crippen molar-refractivity contribution in [2.75, 3.05) is 13.2 Å². The quantitative estimate of drug-likeness (QED) is 0.656. The predicted octanol–water partition coefficient (Wildman–Crippen LogP) is 0.156. The first-order valence-corrected chi connectivity index (χ1v) is 5.54. The number of hydrogen-bond acceptors (Lipinski definition) is 4. The molecule has 1 amide bonds. The number of nitrogens with one attached hydrogen (secondary N) is 1.